The zero-order valence-corrected chi connectivity index (χ0v) is 20.3. The third kappa shape index (κ3) is 4.77. The van der Waals surface area contributed by atoms with Gasteiger partial charge >= 0.3 is 0 Å². The van der Waals surface area contributed by atoms with E-state index in [4.69, 9.17) is 0 Å². The Morgan fingerprint density at radius 3 is 1.94 bits per heavy atom. The van der Waals surface area contributed by atoms with Crippen molar-refractivity contribution in [1.82, 2.24) is 14.1 Å². The molecule has 8 nitrogen and oxygen atoms in total. The molecule has 35 heavy (non-hydrogen) atoms. The number of amides is 1. The maximum atomic E-state index is 13.5. The molecule has 0 aliphatic heterocycles. The summed E-state index contributed by atoms with van der Waals surface area (Å²) in [6, 6.07) is 24.3. The van der Waals surface area contributed by atoms with Crippen molar-refractivity contribution in [3.63, 3.8) is 0 Å². The van der Waals surface area contributed by atoms with E-state index in [1.54, 1.807) is 0 Å². The van der Waals surface area contributed by atoms with Gasteiger partial charge in [0.05, 0.1) is 10.6 Å². The molecule has 0 atom stereocenters. The van der Waals surface area contributed by atoms with Crippen molar-refractivity contribution < 1.29 is 13.2 Å². The van der Waals surface area contributed by atoms with Crippen molar-refractivity contribution in [1.29, 1.82) is 0 Å². The Morgan fingerprint density at radius 2 is 1.40 bits per heavy atom. The molecule has 4 aromatic rings. The van der Waals surface area contributed by atoms with Gasteiger partial charge in [0, 0.05) is 38.0 Å². The number of nitrogens with one attached hydrogen (secondary N) is 1. The smallest absolute Gasteiger partial charge is 0.280 e. The average Bonchev–Trinajstić information content (AvgIpc) is 2.86. The molecule has 0 radical (unpaired) electrons. The lowest BCUT2D eigenvalue weighted by molar-refractivity contribution is 0.102. The van der Waals surface area contributed by atoms with Gasteiger partial charge in [-0.2, -0.15) is 5.10 Å². The molecule has 0 saturated carbocycles. The van der Waals surface area contributed by atoms with Crippen molar-refractivity contribution in [3.05, 3.63) is 101 Å². The van der Waals surface area contributed by atoms with Crippen LogP contribution in [0, 0.1) is 0 Å². The Labute approximate surface area is 203 Å². The Balaban J connectivity index is 1.83. The molecule has 4 rings (SSSR count). The van der Waals surface area contributed by atoms with E-state index in [2.05, 4.69) is 10.4 Å². The fourth-order valence-electron chi connectivity index (χ4n) is 3.64. The van der Waals surface area contributed by atoms with Gasteiger partial charge in [-0.3, -0.25) is 9.59 Å². The summed E-state index contributed by atoms with van der Waals surface area (Å²) in [5.41, 5.74) is 2.10. The van der Waals surface area contributed by atoms with E-state index in [1.165, 1.54) is 45.4 Å². The van der Waals surface area contributed by atoms with E-state index in [1.807, 2.05) is 60.7 Å². The number of nitrogens with zero attached hydrogens (tertiary/aromatic N) is 3. The van der Waals surface area contributed by atoms with Gasteiger partial charge in [-0.1, -0.05) is 60.7 Å². The van der Waals surface area contributed by atoms with Gasteiger partial charge in [0.15, 0.2) is 0 Å². The maximum absolute atomic E-state index is 13.5. The average molecular weight is 489 g/mol. The highest BCUT2D eigenvalue weighted by atomic mass is 32.2. The summed E-state index contributed by atoms with van der Waals surface area (Å²) >= 11 is 0. The minimum absolute atomic E-state index is 0.0578. The summed E-state index contributed by atoms with van der Waals surface area (Å²) < 4.78 is 26.9. The van der Waals surface area contributed by atoms with Gasteiger partial charge in [-0.25, -0.2) is 17.4 Å². The van der Waals surface area contributed by atoms with Crippen LogP contribution in [0.4, 0.5) is 5.69 Å². The topological polar surface area (TPSA) is 101 Å². The Kier molecular flexibility index (Phi) is 6.63. The number of sulfonamides is 1. The summed E-state index contributed by atoms with van der Waals surface area (Å²) in [5.74, 6) is -0.618. The molecule has 1 aromatic heterocycles. The van der Waals surface area contributed by atoms with Gasteiger partial charge < -0.3 is 5.32 Å². The third-order valence-corrected chi connectivity index (χ3v) is 7.30. The van der Waals surface area contributed by atoms with Crippen molar-refractivity contribution >= 4 is 21.6 Å². The van der Waals surface area contributed by atoms with Crippen molar-refractivity contribution in [2.45, 2.75) is 4.90 Å². The molecule has 0 fully saturated rings. The fraction of sp³-hybridized carbons (Fsp3) is 0.115. The van der Waals surface area contributed by atoms with Crippen LogP contribution in [0.2, 0.25) is 0 Å². The number of hydrogen-bond acceptors (Lipinski definition) is 5. The third-order valence-electron chi connectivity index (χ3n) is 5.47. The molecule has 3 aromatic carbocycles. The summed E-state index contributed by atoms with van der Waals surface area (Å²) in [5, 5.41) is 7.21. The van der Waals surface area contributed by atoms with Crippen molar-refractivity contribution in [2.24, 2.45) is 7.05 Å². The summed E-state index contributed by atoms with van der Waals surface area (Å²) in [6.07, 6.45) is 0. The van der Waals surface area contributed by atoms with Crippen LogP contribution < -0.4 is 10.9 Å². The lowest BCUT2D eigenvalue weighted by Crippen LogP contribution is -2.31. The molecule has 0 unspecified atom stereocenters. The number of carbonyl (C=O) groups excluding carboxylic acids is 1. The van der Waals surface area contributed by atoms with Crippen LogP contribution in [-0.4, -0.2) is 42.5 Å². The molecule has 0 aliphatic rings. The van der Waals surface area contributed by atoms with Crippen LogP contribution >= 0.6 is 0 Å². The highest BCUT2D eigenvalue weighted by Crippen LogP contribution is 2.32. The van der Waals surface area contributed by atoms with E-state index < -0.39 is 21.5 Å². The normalized spacial score (nSPS) is 11.4. The molecule has 0 saturated heterocycles. The lowest BCUT2D eigenvalue weighted by Gasteiger charge is -2.16. The second-order valence-corrected chi connectivity index (χ2v) is 10.2. The number of hydrogen-bond donors (Lipinski definition) is 1. The summed E-state index contributed by atoms with van der Waals surface area (Å²) in [6.45, 7) is 0. The number of aromatic nitrogens is 2. The molecule has 9 heteroatoms. The molecule has 0 bridgehead atoms. The van der Waals surface area contributed by atoms with Crippen LogP contribution in [0.3, 0.4) is 0 Å². The minimum Gasteiger partial charge on any atom is -0.322 e. The van der Waals surface area contributed by atoms with Crippen LogP contribution in [0.25, 0.3) is 22.4 Å². The number of aryl methyl sites for hydroxylation is 1. The first kappa shape index (κ1) is 24.1. The molecular weight excluding hydrogens is 464 g/mol. The van der Waals surface area contributed by atoms with Gasteiger partial charge in [-0.05, 0) is 29.8 Å². The number of benzene rings is 3. The highest BCUT2D eigenvalue weighted by Gasteiger charge is 2.25. The standard InChI is InChI=1S/C26H24N4O4S/c1-29(2)35(33,34)21-16-14-20(15-17-21)27-25(31)23-22(18-10-6-4-7-11-18)24(28-30(3)26(23)32)19-12-8-5-9-13-19/h4-17H,1-3H3,(H,27,31). The zero-order valence-electron chi connectivity index (χ0n) is 19.5. The van der Waals surface area contributed by atoms with Crippen LogP contribution in [-0.2, 0) is 17.1 Å². The van der Waals surface area contributed by atoms with Gasteiger partial charge in [-0.15, -0.1) is 0 Å². The first-order valence-corrected chi connectivity index (χ1v) is 12.2. The largest absolute Gasteiger partial charge is 0.322 e. The van der Waals surface area contributed by atoms with Crippen molar-refractivity contribution in [2.75, 3.05) is 19.4 Å². The van der Waals surface area contributed by atoms with E-state index in [0.29, 0.717) is 22.5 Å². The van der Waals surface area contributed by atoms with E-state index in [-0.39, 0.29) is 10.5 Å². The van der Waals surface area contributed by atoms with E-state index in [9.17, 15) is 18.0 Å². The van der Waals surface area contributed by atoms with Gasteiger partial charge in [0.25, 0.3) is 11.5 Å². The predicted molar refractivity (Wildman–Crippen MR) is 136 cm³/mol. The molecule has 1 N–H and O–H groups in total. The minimum atomic E-state index is -3.61. The quantitative estimate of drug-likeness (QED) is 0.447. The molecule has 0 spiro atoms. The predicted octanol–water partition coefficient (Wildman–Crippen LogP) is 3.62. The number of anilines is 1. The van der Waals surface area contributed by atoms with Crippen LogP contribution in [0.5, 0.6) is 0 Å². The molecule has 178 valence electrons. The van der Waals surface area contributed by atoms with Crippen LogP contribution in [0.1, 0.15) is 10.4 Å². The van der Waals surface area contributed by atoms with Crippen molar-refractivity contribution in [3.8, 4) is 22.4 Å². The highest BCUT2D eigenvalue weighted by molar-refractivity contribution is 7.89. The zero-order chi connectivity index (χ0) is 25.2. The lowest BCUT2D eigenvalue weighted by atomic mass is 9.95. The second-order valence-electron chi connectivity index (χ2n) is 8.03. The number of carbonyl (C=O) groups is 1. The molecule has 1 amide bonds. The fourth-order valence-corrected chi connectivity index (χ4v) is 4.54. The van der Waals surface area contributed by atoms with Gasteiger partial charge in [0.1, 0.15) is 5.56 Å². The van der Waals surface area contributed by atoms with E-state index in [0.717, 1.165) is 14.6 Å². The summed E-state index contributed by atoms with van der Waals surface area (Å²) in [7, 11) is 0.783. The first-order valence-electron chi connectivity index (χ1n) is 10.8. The SMILES string of the molecule is CN(C)S(=O)(=O)c1ccc(NC(=O)c2c(-c3ccccc3)c(-c3ccccc3)nn(C)c2=O)cc1. The number of rotatable bonds is 6. The monoisotopic (exact) mass is 488 g/mol. The Morgan fingerprint density at radius 1 is 0.857 bits per heavy atom. The second kappa shape index (κ2) is 9.65. The van der Waals surface area contributed by atoms with Crippen LogP contribution in [0.15, 0.2) is 94.6 Å². The summed E-state index contributed by atoms with van der Waals surface area (Å²) in [4.78, 5) is 26.8. The molecule has 1 heterocycles. The van der Waals surface area contributed by atoms with E-state index >= 15 is 0 Å². The first-order chi connectivity index (χ1) is 16.7. The maximum Gasteiger partial charge on any atom is 0.280 e. The molecular formula is C26H24N4O4S. The Hall–Kier alpha value is -4.08. The Bertz CT molecular complexity index is 1530. The van der Waals surface area contributed by atoms with Gasteiger partial charge in [0.2, 0.25) is 10.0 Å². The molecule has 0 aliphatic carbocycles.